The minimum absolute atomic E-state index is 0.0485. The summed E-state index contributed by atoms with van der Waals surface area (Å²) in [7, 11) is 0. The molecule has 6 rings (SSSR count). The van der Waals surface area contributed by atoms with E-state index >= 15 is 0 Å². The van der Waals surface area contributed by atoms with E-state index in [1.807, 2.05) is 6.08 Å². The number of hydrogen-bond donors (Lipinski definition) is 0. The lowest BCUT2D eigenvalue weighted by molar-refractivity contribution is -0.176. The number of ether oxygens (including phenoxy) is 1. The van der Waals surface area contributed by atoms with Crippen LogP contribution in [0, 0.1) is 46.8 Å². The second-order valence-corrected chi connectivity index (χ2v) is 10.6. The third-order valence-corrected chi connectivity index (χ3v) is 9.76. The van der Waals surface area contributed by atoms with E-state index in [4.69, 9.17) is 4.74 Å². The first-order chi connectivity index (χ1) is 12.4. The van der Waals surface area contributed by atoms with Gasteiger partial charge in [-0.1, -0.05) is 19.4 Å². The molecule has 0 aromatic heterocycles. The lowest BCUT2D eigenvalue weighted by Gasteiger charge is -2.58. The summed E-state index contributed by atoms with van der Waals surface area (Å²) in [6.07, 6.45) is 10.3. The average Bonchev–Trinajstić information content (AvgIpc) is 3.24. The first-order valence-corrected chi connectivity index (χ1v) is 10.9. The van der Waals surface area contributed by atoms with Crippen LogP contribution in [0.1, 0.15) is 65.2 Å². The Hall–Kier alpha value is -1.12. The molecule has 0 N–H and O–H groups in total. The summed E-state index contributed by atoms with van der Waals surface area (Å²) in [5.41, 5.74) is 1.52. The highest BCUT2D eigenvalue weighted by atomic mass is 16.6. The summed E-state index contributed by atoms with van der Waals surface area (Å²) >= 11 is 0. The van der Waals surface area contributed by atoms with Crippen LogP contribution in [-0.2, 0) is 14.3 Å². The summed E-state index contributed by atoms with van der Waals surface area (Å²) in [6.45, 7) is 4.91. The van der Waals surface area contributed by atoms with Gasteiger partial charge in [-0.3, -0.25) is 9.59 Å². The highest BCUT2D eigenvalue weighted by molar-refractivity contribution is 5.91. The molecule has 3 nitrogen and oxygen atoms in total. The van der Waals surface area contributed by atoms with Crippen LogP contribution < -0.4 is 0 Å². The molecule has 0 radical (unpaired) electrons. The van der Waals surface area contributed by atoms with Gasteiger partial charge in [-0.25, -0.2) is 0 Å². The molecule has 1 saturated heterocycles. The van der Waals surface area contributed by atoms with Crippen molar-refractivity contribution in [1.82, 2.24) is 0 Å². The molecular formula is C23H30O3. The zero-order chi connectivity index (χ0) is 17.8. The van der Waals surface area contributed by atoms with Gasteiger partial charge in [-0.2, -0.15) is 0 Å². The van der Waals surface area contributed by atoms with Gasteiger partial charge in [0.2, 0.25) is 0 Å². The van der Waals surface area contributed by atoms with E-state index in [2.05, 4.69) is 13.8 Å². The van der Waals surface area contributed by atoms with Crippen LogP contribution in [-0.4, -0.2) is 17.4 Å². The van der Waals surface area contributed by atoms with Gasteiger partial charge in [0.25, 0.3) is 0 Å². The van der Waals surface area contributed by atoms with Crippen molar-refractivity contribution in [2.75, 3.05) is 0 Å². The maximum Gasteiger partial charge on any atom is 0.306 e. The fraction of sp³-hybridized carbons (Fsp3) is 0.826. The number of allylic oxidation sites excluding steroid dienone is 1. The Bertz CT molecular complexity index is 738. The number of hydrogen-bond acceptors (Lipinski definition) is 3. The van der Waals surface area contributed by atoms with Crippen LogP contribution in [0.4, 0.5) is 0 Å². The lowest BCUT2D eigenvalue weighted by atomic mass is 9.47. The smallest absolute Gasteiger partial charge is 0.306 e. The highest BCUT2D eigenvalue weighted by Gasteiger charge is 2.78. The Morgan fingerprint density at radius 3 is 2.73 bits per heavy atom. The van der Waals surface area contributed by atoms with Crippen LogP contribution in [0.15, 0.2) is 11.6 Å². The Kier molecular flexibility index (Phi) is 2.95. The van der Waals surface area contributed by atoms with E-state index in [-0.39, 0.29) is 17.0 Å². The first kappa shape index (κ1) is 15.9. The number of carbonyl (C=O) groups is 2. The maximum absolute atomic E-state index is 12.1. The van der Waals surface area contributed by atoms with Crippen LogP contribution in [0.3, 0.4) is 0 Å². The summed E-state index contributed by atoms with van der Waals surface area (Å²) in [5, 5.41) is 0. The van der Waals surface area contributed by atoms with Crippen molar-refractivity contribution >= 4 is 11.8 Å². The van der Waals surface area contributed by atoms with E-state index in [0.29, 0.717) is 30.0 Å². The minimum Gasteiger partial charge on any atom is -0.458 e. The van der Waals surface area contributed by atoms with Crippen molar-refractivity contribution in [1.29, 1.82) is 0 Å². The maximum atomic E-state index is 12.1. The predicted octanol–water partition coefficient (Wildman–Crippen LogP) is 4.31. The predicted molar refractivity (Wildman–Crippen MR) is 97.1 cm³/mol. The standard InChI is InChI=1S/C23H30O3/c1-12-9-13-10-14(24)3-4-15(13)16-5-7-22(2)21(20(12)16)17-11-18(17)23(22)8-6-19(25)26-23/h10,12,15-18,20-21H,3-9,11H2,1-2H3/t12?,15-,16?,17?,18?,20?,21?,22-,23-/m0/s1. The molecule has 1 spiro atoms. The normalized spacial score (nSPS) is 57.0. The van der Waals surface area contributed by atoms with Gasteiger partial charge in [0.05, 0.1) is 0 Å². The second-order valence-electron chi connectivity index (χ2n) is 10.6. The Morgan fingerprint density at radius 2 is 1.96 bits per heavy atom. The molecule has 9 atom stereocenters. The average molecular weight is 354 g/mol. The second kappa shape index (κ2) is 4.83. The summed E-state index contributed by atoms with van der Waals surface area (Å²) < 4.78 is 6.18. The molecule has 1 heterocycles. The molecule has 0 aromatic carbocycles. The molecule has 0 amide bonds. The van der Waals surface area contributed by atoms with Gasteiger partial charge < -0.3 is 4.74 Å². The van der Waals surface area contributed by atoms with Crippen LogP contribution in [0.2, 0.25) is 0 Å². The lowest BCUT2D eigenvalue weighted by Crippen LogP contribution is -2.56. The van der Waals surface area contributed by atoms with E-state index in [0.717, 1.165) is 49.4 Å². The van der Waals surface area contributed by atoms with Crippen LogP contribution in [0.5, 0.6) is 0 Å². The van der Waals surface area contributed by atoms with Crippen molar-refractivity contribution in [2.24, 2.45) is 46.8 Å². The molecule has 4 saturated carbocycles. The van der Waals surface area contributed by atoms with Gasteiger partial charge in [0.1, 0.15) is 5.60 Å². The topological polar surface area (TPSA) is 43.4 Å². The highest BCUT2D eigenvalue weighted by Crippen LogP contribution is 2.78. The Balaban J connectivity index is 1.40. The molecule has 5 aliphatic carbocycles. The summed E-state index contributed by atoms with van der Waals surface area (Å²) in [6, 6.07) is 0. The molecule has 140 valence electrons. The minimum atomic E-state index is -0.136. The van der Waals surface area contributed by atoms with E-state index in [1.165, 1.54) is 24.8 Å². The molecule has 1 aliphatic heterocycles. The fourth-order valence-corrected chi connectivity index (χ4v) is 8.92. The van der Waals surface area contributed by atoms with Gasteiger partial charge in [-0.05, 0) is 80.1 Å². The number of rotatable bonds is 0. The molecule has 6 aliphatic rings. The Labute approximate surface area is 155 Å². The molecule has 3 heteroatoms. The van der Waals surface area contributed by atoms with Crippen LogP contribution >= 0.6 is 0 Å². The summed E-state index contributed by atoms with van der Waals surface area (Å²) in [4.78, 5) is 24.0. The number of carbonyl (C=O) groups excluding carboxylic acids is 2. The zero-order valence-electron chi connectivity index (χ0n) is 16.0. The van der Waals surface area contributed by atoms with Crippen molar-refractivity contribution in [3.8, 4) is 0 Å². The quantitative estimate of drug-likeness (QED) is 0.609. The van der Waals surface area contributed by atoms with Gasteiger partial charge in [-0.15, -0.1) is 0 Å². The number of esters is 1. The third kappa shape index (κ3) is 1.72. The molecule has 6 unspecified atom stereocenters. The van der Waals surface area contributed by atoms with E-state index < -0.39 is 0 Å². The van der Waals surface area contributed by atoms with Gasteiger partial charge in [0.15, 0.2) is 5.78 Å². The third-order valence-electron chi connectivity index (χ3n) is 9.76. The largest absolute Gasteiger partial charge is 0.458 e. The molecular weight excluding hydrogens is 324 g/mol. The zero-order valence-corrected chi connectivity index (χ0v) is 16.0. The van der Waals surface area contributed by atoms with Crippen LogP contribution in [0.25, 0.3) is 0 Å². The number of fused-ring (bicyclic) bond motifs is 9. The molecule has 0 bridgehead atoms. The SMILES string of the molecule is CC1CC2=CC(=O)CC[C@@H]2C2CC[C@@]3(C)C(C4CC4[C@@]34CCC(=O)O4)C12. The Morgan fingerprint density at radius 1 is 1.12 bits per heavy atom. The first-order valence-electron chi connectivity index (χ1n) is 10.9. The van der Waals surface area contributed by atoms with Crippen molar-refractivity contribution in [3.63, 3.8) is 0 Å². The molecule has 0 aromatic rings. The van der Waals surface area contributed by atoms with Crippen molar-refractivity contribution in [2.45, 2.75) is 70.8 Å². The number of ketones is 1. The molecule has 26 heavy (non-hydrogen) atoms. The summed E-state index contributed by atoms with van der Waals surface area (Å²) in [5.74, 6) is 5.38. The van der Waals surface area contributed by atoms with Crippen molar-refractivity contribution < 1.29 is 14.3 Å². The van der Waals surface area contributed by atoms with Gasteiger partial charge >= 0.3 is 5.97 Å². The monoisotopic (exact) mass is 354 g/mol. The van der Waals surface area contributed by atoms with Crippen molar-refractivity contribution in [3.05, 3.63) is 11.6 Å². The fourth-order valence-electron chi connectivity index (χ4n) is 8.92. The molecule has 5 fully saturated rings. The van der Waals surface area contributed by atoms with Gasteiger partial charge in [0, 0.05) is 24.2 Å². The van der Waals surface area contributed by atoms with E-state index in [1.54, 1.807) is 0 Å². The van der Waals surface area contributed by atoms with E-state index in [9.17, 15) is 9.59 Å².